The van der Waals surface area contributed by atoms with E-state index in [1.54, 1.807) is 0 Å². The quantitative estimate of drug-likeness (QED) is 0.606. The smallest absolute Gasteiger partial charge is 0.306 e. The van der Waals surface area contributed by atoms with E-state index < -0.39 is 0 Å². The molecule has 1 N–H and O–H groups in total. The van der Waals surface area contributed by atoms with Crippen molar-refractivity contribution in [2.24, 2.45) is 0 Å². The minimum Gasteiger partial charge on any atom is -0.466 e. The molecular formula is C16H21NO2. The van der Waals surface area contributed by atoms with Crippen molar-refractivity contribution < 1.29 is 9.53 Å². The molecule has 3 nitrogen and oxygen atoms in total. The van der Waals surface area contributed by atoms with Gasteiger partial charge in [-0.15, -0.1) is 0 Å². The van der Waals surface area contributed by atoms with Crippen molar-refractivity contribution in [2.75, 3.05) is 6.61 Å². The molecule has 0 aliphatic heterocycles. The van der Waals surface area contributed by atoms with Gasteiger partial charge in [0.25, 0.3) is 0 Å². The highest BCUT2D eigenvalue weighted by molar-refractivity contribution is 5.83. The lowest BCUT2D eigenvalue weighted by Crippen LogP contribution is -2.06. The molecule has 0 radical (unpaired) electrons. The Morgan fingerprint density at radius 2 is 2.11 bits per heavy atom. The van der Waals surface area contributed by atoms with Crippen LogP contribution in [0.25, 0.3) is 10.9 Å². The first-order valence-electron chi connectivity index (χ1n) is 7.02. The second kappa shape index (κ2) is 6.98. The Labute approximate surface area is 114 Å². The van der Waals surface area contributed by atoms with Gasteiger partial charge in [-0.05, 0) is 24.5 Å². The van der Waals surface area contributed by atoms with Crippen LogP contribution in [-0.2, 0) is 16.0 Å². The standard InChI is InChI=1S/C16H21NO2/c1-2-3-6-11-19-16(18)10-9-13-12-17-15-8-5-4-7-14(13)15/h4-5,7-8,12,17H,2-3,6,9-11H2,1H3. The molecule has 0 amide bonds. The van der Waals surface area contributed by atoms with Crippen LogP contribution in [0.4, 0.5) is 0 Å². The van der Waals surface area contributed by atoms with Crippen molar-refractivity contribution >= 4 is 16.9 Å². The van der Waals surface area contributed by atoms with Crippen LogP contribution in [0.3, 0.4) is 0 Å². The molecule has 2 aromatic rings. The molecule has 1 aromatic carbocycles. The van der Waals surface area contributed by atoms with Gasteiger partial charge in [-0.1, -0.05) is 38.0 Å². The molecule has 0 saturated heterocycles. The van der Waals surface area contributed by atoms with Crippen LogP contribution in [0.2, 0.25) is 0 Å². The molecule has 0 fully saturated rings. The van der Waals surface area contributed by atoms with Crippen molar-refractivity contribution in [3.63, 3.8) is 0 Å². The summed E-state index contributed by atoms with van der Waals surface area (Å²) in [5.74, 6) is -0.0959. The van der Waals surface area contributed by atoms with Gasteiger partial charge < -0.3 is 9.72 Å². The summed E-state index contributed by atoms with van der Waals surface area (Å²) in [6.45, 7) is 2.69. The summed E-state index contributed by atoms with van der Waals surface area (Å²) < 4.78 is 5.21. The van der Waals surface area contributed by atoms with Crippen LogP contribution in [0.15, 0.2) is 30.5 Å². The molecule has 102 valence electrons. The number of H-pyrrole nitrogens is 1. The van der Waals surface area contributed by atoms with Gasteiger partial charge in [0.1, 0.15) is 0 Å². The van der Waals surface area contributed by atoms with E-state index in [0.717, 1.165) is 31.2 Å². The number of ether oxygens (including phenoxy) is 1. The van der Waals surface area contributed by atoms with E-state index in [2.05, 4.69) is 18.0 Å². The Balaban J connectivity index is 1.80. The van der Waals surface area contributed by atoms with Gasteiger partial charge in [-0.2, -0.15) is 0 Å². The monoisotopic (exact) mass is 259 g/mol. The maximum Gasteiger partial charge on any atom is 0.306 e. The number of aromatic amines is 1. The Kier molecular flexibility index (Phi) is 5.01. The molecule has 3 heteroatoms. The van der Waals surface area contributed by atoms with Crippen LogP contribution in [0.5, 0.6) is 0 Å². The Morgan fingerprint density at radius 1 is 1.26 bits per heavy atom. The number of aromatic nitrogens is 1. The molecule has 0 aliphatic rings. The maximum atomic E-state index is 11.6. The van der Waals surface area contributed by atoms with Crippen LogP contribution in [0, 0.1) is 0 Å². The average molecular weight is 259 g/mol. The van der Waals surface area contributed by atoms with E-state index >= 15 is 0 Å². The number of fused-ring (bicyclic) bond motifs is 1. The number of esters is 1. The number of hydrogen-bond donors (Lipinski definition) is 1. The summed E-state index contributed by atoms with van der Waals surface area (Å²) in [5.41, 5.74) is 2.30. The first-order chi connectivity index (χ1) is 9.31. The zero-order valence-electron chi connectivity index (χ0n) is 11.4. The molecule has 1 aromatic heterocycles. The van der Waals surface area contributed by atoms with Gasteiger partial charge >= 0.3 is 5.97 Å². The average Bonchev–Trinajstić information content (AvgIpc) is 2.85. The van der Waals surface area contributed by atoms with Crippen molar-refractivity contribution in [3.8, 4) is 0 Å². The van der Waals surface area contributed by atoms with Crippen LogP contribution >= 0.6 is 0 Å². The van der Waals surface area contributed by atoms with E-state index in [4.69, 9.17) is 4.74 Å². The van der Waals surface area contributed by atoms with Gasteiger partial charge in [0.15, 0.2) is 0 Å². The lowest BCUT2D eigenvalue weighted by atomic mass is 10.1. The van der Waals surface area contributed by atoms with Gasteiger partial charge in [0.05, 0.1) is 6.61 Å². The number of para-hydroxylation sites is 1. The normalized spacial score (nSPS) is 10.8. The molecule has 0 spiro atoms. The minimum absolute atomic E-state index is 0.0959. The fraction of sp³-hybridized carbons (Fsp3) is 0.438. The summed E-state index contributed by atoms with van der Waals surface area (Å²) in [5, 5.41) is 1.20. The summed E-state index contributed by atoms with van der Waals surface area (Å²) >= 11 is 0. The second-order valence-corrected chi connectivity index (χ2v) is 4.79. The topological polar surface area (TPSA) is 42.1 Å². The van der Waals surface area contributed by atoms with Gasteiger partial charge in [0.2, 0.25) is 0 Å². The molecule has 0 saturated carbocycles. The zero-order chi connectivity index (χ0) is 13.5. The summed E-state index contributed by atoms with van der Waals surface area (Å²) in [7, 11) is 0. The van der Waals surface area contributed by atoms with E-state index in [1.807, 2.05) is 24.4 Å². The highest BCUT2D eigenvalue weighted by Gasteiger charge is 2.07. The fourth-order valence-electron chi connectivity index (χ4n) is 2.19. The summed E-state index contributed by atoms with van der Waals surface area (Å²) in [6, 6.07) is 8.14. The maximum absolute atomic E-state index is 11.6. The zero-order valence-corrected chi connectivity index (χ0v) is 11.4. The van der Waals surface area contributed by atoms with Crippen molar-refractivity contribution in [1.82, 2.24) is 4.98 Å². The third kappa shape index (κ3) is 3.85. The SMILES string of the molecule is CCCCCOC(=O)CCc1c[nH]c2ccccc12. The van der Waals surface area contributed by atoms with Crippen LogP contribution < -0.4 is 0 Å². The Bertz CT molecular complexity index is 530. The van der Waals surface area contributed by atoms with Crippen LogP contribution in [0.1, 0.15) is 38.2 Å². The predicted molar refractivity (Wildman–Crippen MR) is 77.1 cm³/mol. The van der Waals surface area contributed by atoms with Crippen molar-refractivity contribution in [1.29, 1.82) is 0 Å². The molecular weight excluding hydrogens is 238 g/mol. The largest absolute Gasteiger partial charge is 0.466 e. The minimum atomic E-state index is -0.0959. The third-order valence-corrected chi connectivity index (χ3v) is 3.28. The molecule has 0 bridgehead atoms. The number of aryl methyl sites for hydroxylation is 1. The number of rotatable bonds is 7. The molecule has 19 heavy (non-hydrogen) atoms. The first kappa shape index (κ1) is 13.7. The molecule has 1 heterocycles. The summed E-state index contributed by atoms with van der Waals surface area (Å²) in [6.07, 6.45) is 6.40. The Hall–Kier alpha value is -1.77. The second-order valence-electron chi connectivity index (χ2n) is 4.79. The third-order valence-electron chi connectivity index (χ3n) is 3.28. The summed E-state index contributed by atoms with van der Waals surface area (Å²) in [4.78, 5) is 14.8. The van der Waals surface area contributed by atoms with Crippen LogP contribution in [-0.4, -0.2) is 17.6 Å². The van der Waals surface area contributed by atoms with E-state index in [9.17, 15) is 4.79 Å². The predicted octanol–water partition coefficient (Wildman–Crippen LogP) is 3.83. The molecule has 0 aliphatic carbocycles. The van der Waals surface area contributed by atoms with Gasteiger partial charge in [-0.3, -0.25) is 4.79 Å². The fourth-order valence-corrected chi connectivity index (χ4v) is 2.19. The number of benzene rings is 1. The highest BCUT2D eigenvalue weighted by atomic mass is 16.5. The molecule has 0 atom stereocenters. The lowest BCUT2D eigenvalue weighted by Gasteiger charge is -2.03. The number of carbonyl (C=O) groups is 1. The molecule has 0 unspecified atom stereocenters. The van der Waals surface area contributed by atoms with Crippen molar-refractivity contribution in [3.05, 3.63) is 36.0 Å². The number of nitrogens with one attached hydrogen (secondary N) is 1. The van der Waals surface area contributed by atoms with E-state index in [0.29, 0.717) is 13.0 Å². The lowest BCUT2D eigenvalue weighted by molar-refractivity contribution is -0.143. The van der Waals surface area contributed by atoms with E-state index in [-0.39, 0.29) is 5.97 Å². The number of carbonyl (C=O) groups excluding carboxylic acids is 1. The van der Waals surface area contributed by atoms with Gasteiger partial charge in [-0.25, -0.2) is 0 Å². The first-order valence-corrected chi connectivity index (χ1v) is 7.02. The number of unbranched alkanes of at least 4 members (excludes halogenated alkanes) is 2. The highest BCUT2D eigenvalue weighted by Crippen LogP contribution is 2.19. The Morgan fingerprint density at radius 3 is 2.95 bits per heavy atom. The number of hydrogen-bond acceptors (Lipinski definition) is 2. The van der Waals surface area contributed by atoms with E-state index in [1.165, 1.54) is 10.9 Å². The molecule has 2 rings (SSSR count). The van der Waals surface area contributed by atoms with Crippen molar-refractivity contribution in [2.45, 2.75) is 39.0 Å². The van der Waals surface area contributed by atoms with Gasteiger partial charge in [0, 0.05) is 23.5 Å².